The molecule has 1 fully saturated rings. The average molecular weight is 450 g/mol. The summed E-state index contributed by atoms with van der Waals surface area (Å²) in [6, 6.07) is 17.9. The number of urea groups is 1. The first-order valence-corrected chi connectivity index (χ1v) is 10.3. The van der Waals surface area contributed by atoms with E-state index in [0.717, 1.165) is 11.1 Å². The lowest BCUT2D eigenvalue weighted by Crippen LogP contribution is -2.52. The molecule has 1 unspecified atom stereocenters. The maximum atomic E-state index is 13.6. The highest BCUT2D eigenvalue weighted by molar-refractivity contribution is 6.30. The molecule has 2 heterocycles. The van der Waals surface area contributed by atoms with Gasteiger partial charge in [0, 0.05) is 17.1 Å². The largest absolute Gasteiger partial charge is 0.331 e. The second kappa shape index (κ2) is 7.46. The van der Waals surface area contributed by atoms with Crippen molar-refractivity contribution >= 4 is 29.4 Å². The first-order valence-electron chi connectivity index (χ1n) is 9.93. The van der Waals surface area contributed by atoms with Crippen LogP contribution >= 0.6 is 11.6 Å². The molecule has 2 N–H and O–H groups in total. The van der Waals surface area contributed by atoms with Gasteiger partial charge in [0.15, 0.2) is 5.54 Å². The minimum Gasteiger partial charge on any atom is -0.331 e. The molecule has 5 rings (SSSR count). The van der Waals surface area contributed by atoms with Gasteiger partial charge in [0.25, 0.3) is 11.8 Å². The Bertz CT molecular complexity index is 1280. The number of halogens is 2. The third-order valence-corrected chi connectivity index (χ3v) is 6.09. The van der Waals surface area contributed by atoms with Crippen LogP contribution in [0.2, 0.25) is 5.02 Å². The number of rotatable bonds is 4. The Hall–Kier alpha value is -3.71. The fourth-order valence-electron chi connectivity index (χ4n) is 4.26. The Morgan fingerprint density at radius 1 is 0.969 bits per heavy atom. The van der Waals surface area contributed by atoms with Crippen molar-refractivity contribution in [3.05, 3.63) is 94.3 Å². The van der Waals surface area contributed by atoms with Gasteiger partial charge in [-0.25, -0.2) is 9.18 Å². The molecule has 1 atom stereocenters. The van der Waals surface area contributed by atoms with Crippen molar-refractivity contribution in [2.75, 3.05) is 6.54 Å². The normalized spacial score (nSPS) is 19.7. The highest BCUT2D eigenvalue weighted by Gasteiger charge is 2.50. The fourth-order valence-corrected chi connectivity index (χ4v) is 4.45. The van der Waals surface area contributed by atoms with Gasteiger partial charge in [-0.05, 0) is 46.5 Å². The zero-order chi connectivity index (χ0) is 22.5. The van der Waals surface area contributed by atoms with Crippen LogP contribution in [0.3, 0.4) is 0 Å². The molecule has 0 spiro atoms. The molecule has 6 nitrogen and oxygen atoms in total. The van der Waals surface area contributed by atoms with E-state index in [4.69, 9.17) is 11.6 Å². The number of amides is 4. The van der Waals surface area contributed by atoms with Crippen molar-refractivity contribution in [3.63, 3.8) is 0 Å². The van der Waals surface area contributed by atoms with Crippen molar-refractivity contribution in [2.45, 2.75) is 12.1 Å². The van der Waals surface area contributed by atoms with Crippen molar-refractivity contribution in [3.8, 4) is 11.1 Å². The summed E-state index contributed by atoms with van der Waals surface area (Å²) < 4.78 is 13.6. The van der Waals surface area contributed by atoms with Gasteiger partial charge >= 0.3 is 6.03 Å². The second-order valence-electron chi connectivity index (χ2n) is 7.86. The summed E-state index contributed by atoms with van der Waals surface area (Å²) in [6.45, 7) is 0.135. The summed E-state index contributed by atoms with van der Waals surface area (Å²) in [6.07, 6.45) is 0. The first kappa shape index (κ1) is 20.2. The topological polar surface area (TPSA) is 78.5 Å². The van der Waals surface area contributed by atoms with Gasteiger partial charge in [0.05, 0.1) is 6.54 Å². The molecular weight excluding hydrogens is 433 g/mol. The summed E-state index contributed by atoms with van der Waals surface area (Å²) in [5, 5.41) is 5.58. The van der Waals surface area contributed by atoms with Crippen LogP contribution < -0.4 is 10.6 Å². The lowest BCUT2D eigenvalue weighted by atomic mass is 9.88. The van der Waals surface area contributed by atoms with Crippen molar-refractivity contribution < 1.29 is 18.8 Å². The lowest BCUT2D eigenvalue weighted by molar-refractivity contribution is -0.124. The smallest absolute Gasteiger partial charge is 0.322 e. The summed E-state index contributed by atoms with van der Waals surface area (Å²) in [7, 11) is 0. The van der Waals surface area contributed by atoms with E-state index in [9.17, 15) is 18.8 Å². The zero-order valence-electron chi connectivity index (χ0n) is 16.7. The van der Waals surface area contributed by atoms with Crippen molar-refractivity contribution in [1.29, 1.82) is 0 Å². The van der Waals surface area contributed by atoms with E-state index in [-0.39, 0.29) is 24.6 Å². The number of carbonyl (C=O) groups is 3. The van der Waals surface area contributed by atoms with Gasteiger partial charge in [-0.2, -0.15) is 0 Å². The Labute approximate surface area is 188 Å². The number of nitrogens with one attached hydrogen (secondary N) is 2. The van der Waals surface area contributed by atoms with Crippen LogP contribution in [-0.4, -0.2) is 29.3 Å². The van der Waals surface area contributed by atoms with Crippen LogP contribution in [0.15, 0.2) is 66.7 Å². The lowest BCUT2D eigenvalue weighted by Gasteiger charge is -2.31. The predicted molar refractivity (Wildman–Crippen MR) is 116 cm³/mol. The highest BCUT2D eigenvalue weighted by atomic mass is 35.5. The number of hydrogen-bond donors (Lipinski definition) is 2. The fraction of sp³-hybridized carbons (Fsp3) is 0.125. The summed E-state index contributed by atoms with van der Waals surface area (Å²) in [5.41, 5.74) is 1.80. The summed E-state index contributed by atoms with van der Waals surface area (Å²) in [5.74, 6) is -1.44. The van der Waals surface area contributed by atoms with Gasteiger partial charge in [0.1, 0.15) is 5.82 Å². The molecule has 0 saturated carbocycles. The first-order chi connectivity index (χ1) is 15.4. The minimum absolute atomic E-state index is 0.0871. The molecule has 2 aliphatic rings. The van der Waals surface area contributed by atoms with E-state index >= 15 is 0 Å². The second-order valence-corrected chi connectivity index (χ2v) is 8.30. The van der Waals surface area contributed by atoms with Crippen molar-refractivity contribution in [1.82, 2.24) is 15.5 Å². The molecule has 0 aliphatic carbocycles. The van der Waals surface area contributed by atoms with Crippen LogP contribution in [0.25, 0.3) is 11.1 Å². The maximum Gasteiger partial charge on any atom is 0.322 e. The maximum absolute atomic E-state index is 13.6. The molecule has 32 heavy (non-hydrogen) atoms. The van der Waals surface area contributed by atoms with E-state index in [1.54, 1.807) is 24.3 Å². The summed E-state index contributed by atoms with van der Waals surface area (Å²) in [4.78, 5) is 39.3. The molecule has 4 amide bonds. The number of hydrogen-bond acceptors (Lipinski definition) is 3. The molecule has 3 aromatic carbocycles. The van der Waals surface area contributed by atoms with E-state index < -0.39 is 23.3 Å². The Morgan fingerprint density at radius 3 is 2.44 bits per heavy atom. The number of imide groups is 1. The van der Waals surface area contributed by atoms with Gasteiger partial charge in [0.2, 0.25) is 0 Å². The molecule has 0 bridgehead atoms. The number of benzene rings is 3. The third kappa shape index (κ3) is 3.31. The molecular formula is C24H17ClFN3O3. The molecule has 3 aromatic rings. The zero-order valence-corrected chi connectivity index (χ0v) is 17.4. The van der Waals surface area contributed by atoms with E-state index in [1.165, 1.54) is 17.0 Å². The number of fused-ring (bicyclic) bond motifs is 1. The van der Waals surface area contributed by atoms with Gasteiger partial charge in [-0.3, -0.25) is 14.9 Å². The van der Waals surface area contributed by atoms with Crippen molar-refractivity contribution in [2.24, 2.45) is 0 Å². The number of nitrogens with zero attached hydrogens (tertiary/aromatic N) is 1. The average Bonchev–Trinajstić information content (AvgIpc) is 3.24. The predicted octanol–water partition coefficient (Wildman–Crippen LogP) is 3.84. The van der Waals surface area contributed by atoms with Gasteiger partial charge in [-0.1, -0.05) is 54.1 Å². The summed E-state index contributed by atoms with van der Waals surface area (Å²) >= 11 is 6.08. The standard InChI is InChI=1S/C24H17ClFN3O3/c25-18-3-1-2-15(10-18)14-4-7-17(8-5-14)24(22(31)27-23(32)28-24)13-29-12-16-6-9-19(26)11-20(16)21(29)30/h1-11H,12-13H2,(H2,27,28,31,32). The number of carbonyl (C=O) groups excluding carboxylic acids is 3. The third-order valence-electron chi connectivity index (χ3n) is 5.86. The molecule has 0 aromatic heterocycles. The molecule has 1 saturated heterocycles. The van der Waals surface area contributed by atoms with Crippen LogP contribution in [0.5, 0.6) is 0 Å². The Kier molecular flexibility index (Phi) is 4.71. The Morgan fingerprint density at radius 2 is 1.75 bits per heavy atom. The monoisotopic (exact) mass is 449 g/mol. The molecule has 160 valence electrons. The van der Waals surface area contributed by atoms with E-state index in [1.807, 2.05) is 30.3 Å². The van der Waals surface area contributed by atoms with Crippen LogP contribution in [-0.2, 0) is 16.9 Å². The Balaban J connectivity index is 1.49. The van der Waals surface area contributed by atoms with Crippen LogP contribution in [0.4, 0.5) is 9.18 Å². The molecule has 0 radical (unpaired) electrons. The van der Waals surface area contributed by atoms with Crippen LogP contribution in [0, 0.1) is 5.82 Å². The highest BCUT2D eigenvalue weighted by Crippen LogP contribution is 2.33. The molecule has 2 aliphatic heterocycles. The van der Waals surface area contributed by atoms with E-state index in [2.05, 4.69) is 10.6 Å². The SMILES string of the molecule is O=C1NC(=O)C(CN2Cc3ccc(F)cc3C2=O)(c2ccc(-c3cccc(Cl)c3)cc2)N1. The minimum atomic E-state index is -1.46. The van der Waals surface area contributed by atoms with Gasteiger partial charge in [-0.15, -0.1) is 0 Å². The van der Waals surface area contributed by atoms with E-state index in [0.29, 0.717) is 16.1 Å². The quantitative estimate of drug-likeness (QED) is 0.594. The molecule has 8 heteroatoms. The van der Waals surface area contributed by atoms with Gasteiger partial charge < -0.3 is 10.2 Å². The van der Waals surface area contributed by atoms with Crippen LogP contribution in [0.1, 0.15) is 21.5 Å².